The van der Waals surface area contributed by atoms with Crippen molar-refractivity contribution >= 4 is 28.5 Å². The number of rotatable bonds is 10. The van der Waals surface area contributed by atoms with E-state index in [0.717, 1.165) is 0 Å². The van der Waals surface area contributed by atoms with Crippen molar-refractivity contribution in [2.45, 2.75) is 12.5 Å². The Morgan fingerprint density at radius 2 is 1.94 bits per heavy atom. The Morgan fingerprint density at radius 1 is 1.33 bits per heavy atom. The number of terminal acetylenes is 1. The molecule has 0 saturated carbocycles. The zero-order valence-corrected chi connectivity index (χ0v) is 12.2. The van der Waals surface area contributed by atoms with Gasteiger partial charge in [-0.25, -0.2) is 0 Å². The van der Waals surface area contributed by atoms with Gasteiger partial charge in [-0.05, 0) is 0 Å². The Bertz CT molecular complexity index is 288. The quantitative estimate of drug-likeness (QED) is 0.280. The maximum absolute atomic E-state index is 9.24. The van der Waals surface area contributed by atoms with Gasteiger partial charge in [-0.15, -0.1) is 0 Å². The molecule has 1 atom stereocenters. The fourth-order valence-corrected chi connectivity index (χ4v) is 2.28. The molecule has 0 aliphatic heterocycles. The summed E-state index contributed by atoms with van der Waals surface area (Å²) in [4.78, 5) is 18.5. The van der Waals surface area contributed by atoms with Crippen molar-refractivity contribution < 1.29 is 23.8 Å². The van der Waals surface area contributed by atoms with Crippen LogP contribution in [0, 0.1) is 12.3 Å². The molecular weight excluding hydrogens is 302 g/mol. The van der Waals surface area contributed by atoms with E-state index in [4.69, 9.17) is 42.9 Å². The third kappa shape index (κ3) is 12.6. The van der Waals surface area contributed by atoms with E-state index in [2.05, 4.69) is 12.5 Å². The average molecular weight is 319 g/mol. The van der Waals surface area contributed by atoms with Crippen LogP contribution in [0.3, 0.4) is 0 Å². The summed E-state index contributed by atoms with van der Waals surface area (Å²) in [7, 11) is 0. The number of ether oxygens (including phenoxy) is 2. The molecule has 0 radical (unpaired) electrons. The van der Waals surface area contributed by atoms with Crippen LogP contribution < -0.4 is 0 Å². The molecule has 0 aliphatic rings. The molecule has 5 nitrogen and oxygen atoms in total. The van der Waals surface area contributed by atoms with Crippen LogP contribution in [-0.2, 0) is 14.0 Å². The first-order valence-electron chi connectivity index (χ1n) is 5.09. The monoisotopic (exact) mass is 318 g/mol. The molecule has 0 amide bonds. The summed E-state index contributed by atoms with van der Waals surface area (Å²) in [5.74, 6) is -2.84. The Labute approximate surface area is 116 Å². The standard InChI is InChI=1S/C10H17Cl2O5P/c1-3-5-7-16-9-10(8-15-6-4-2)17-18(11,12,13)14/h2-3,10,13-14H,1,5-9H2. The van der Waals surface area contributed by atoms with Gasteiger partial charge in [0.2, 0.25) is 0 Å². The summed E-state index contributed by atoms with van der Waals surface area (Å²) >= 11 is 10.5. The summed E-state index contributed by atoms with van der Waals surface area (Å²) in [5.41, 5.74) is 0. The first kappa shape index (κ1) is 18.1. The van der Waals surface area contributed by atoms with Crippen molar-refractivity contribution in [2.75, 3.05) is 26.4 Å². The Kier molecular flexibility index (Phi) is 8.37. The minimum absolute atomic E-state index is 0.0171. The van der Waals surface area contributed by atoms with Crippen LogP contribution in [0.2, 0.25) is 0 Å². The normalized spacial score (nSPS) is 15.4. The molecule has 106 valence electrons. The minimum atomic E-state index is -5.10. The molecule has 0 aromatic carbocycles. The predicted molar refractivity (Wildman–Crippen MR) is 73.2 cm³/mol. The van der Waals surface area contributed by atoms with E-state index in [1.165, 1.54) is 0 Å². The fourth-order valence-electron chi connectivity index (χ4n) is 0.986. The van der Waals surface area contributed by atoms with Gasteiger partial charge in [0.25, 0.3) is 0 Å². The van der Waals surface area contributed by atoms with E-state index in [1.807, 2.05) is 0 Å². The molecule has 0 heterocycles. The molecule has 8 heteroatoms. The molecule has 2 N–H and O–H groups in total. The van der Waals surface area contributed by atoms with Crippen LogP contribution in [0.25, 0.3) is 0 Å². The molecule has 0 bridgehead atoms. The van der Waals surface area contributed by atoms with Crippen molar-refractivity contribution in [1.82, 2.24) is 0 Å². The van der Waals surface area contributed by atoms with Crippen LogP contribution in [0.1, 0.15) is 6.42 Å². The van der Waals surface area contributed by atoms with Crippen molar-refractivity contribution in [3.05, 3.63) is 12.7 Å². The molecule has 0 spiro atoms. The first-order chi connectivity index (χ1) is 8.24. The van der Waals surface area contributed by atoms with Crippen LogP contribution >= 0.6 is 28.5 Å². The summed E-state index contributed by atoms with van der Waals surface area (Å²) in [6.07, 6.45) is 6.52. The van der Waals surface area contributed by atoms with Crippen LogP contribution in [-0.4, -0.2) is 42.3 Å². The second kappa shape index (κ2) is 8.31. The van der Waals surface area contributed by atoms with Gasteiger partial charge in [0.1, 0.15) is 0 Å². The molecule has 0 aromatic rings. The Morgan fingerprint density at radius 3 is 2.44 bits per heavy atom. The molecule has 0 aliphatic carbocycles. The Balaban J connectivity index is 4.17. The molecule has 0 rings (SSSR count). The van der Waals surface area contributed by atoms with Gasteiger partial charge in [-0.3, -0.25) is 0 Å². The second-order valence-corrected chi connectivity index (χ2v) is 9.26. The molecule has 0 fully saturated rings. The van der Waals surface area contributed by atoms with E-state index >= 15 is 0 Å². The van der Waals surface area contributed by atoms with E-state index in [0.29, 0.717) is 13.0 Å². The first-order valence-corrected chi connectivity index (χ1v) is 8.96. The van der Waals surface area contributed by atoms with Gasteiger partial charge < -0.3 is 0 Å². The van der Waals surface area contributed by atoms with Crippen molar-refractivity contribution in [3.8, 4) is 12.3 Å². The third-order valence-electron chi connectivity index (χ3n) is 1.58. The van der Waals surface area contributed by atoms with Crippen molar-refractivity contribution in [1.29, 1.82) is 0 Å². The van der Waals surface area contributed by atoms with Gasteiger partial charge in [-0.2, -0.15) is 0 Å². The van der Waals surface area contributed by atoms with Crippen LogP contribution in [0.4, 0.5) is 0 Å². The molecular formula is C10H17Cl2O5P. The molecule has 18 heavy (non-hydrogen) atoms. The fraction of sp³-hybridized carbons (Fsp3) is 0.600. The summed E-state index contributed by atoms with van der Waals surface area (Å²) in [6.45, 7) is 4.03. The third-order valence-corrected chi connectivity index (χ3v) is 2.71. The summed E-state index contributed by atoms with van der Waals surface area (Å²) in [6, 6.07) is 0. The average Bonchev–Trinajstić information content (AvgIpc) is 2.21. The van der Waals surface area contributed by atoms with Crippen molar-refractivity contribution in [3.63, 3.8) is 0 Å². The van der Waals surface area contributed by atoms with Gasteiger partial charge in [0, 0.05) is 0 Å². The van der Waals surface area contributed by atoms with Gasteiger partial charge >= 0.3 is 116 Å². The van der Waals surface area contributed by atoms with Gasteiger partial charge in [-0.1, -0.05) is 0 Å². The van der Waals surface area contributed by atoms with Gasteiger partial charge in [0.05, 0.1) is 0 Å². The summed E-state index contributed by atoms with van der Waals surface area (Å²) < 4.78 is 15.0. The number of halogens is 2. The zero-order chi connectivity index (χ0) is 14.1. The predicted octanol–water partition coefficient (Wildman–Crippen LogP) is 2.20. The van der Waals surface area contributed by atoms with E-state index < -0.39 is 12.1 Å². The van der Waals surface area contributed by atoms with Gasteiger partial charge in [0.15, 0.2) is 0 Å². The van der Waals surface area contributed by atoms with E-state index in [9.17, 15) is 9.79 Å². The number of hydrogen-bond acceptors (Lipinski definition) is 5. The molecule has 0 saturated heterocycles. The van der Waals surface area contributed by atoms with Crippen LogP contribution in [0.5, 0.6) is 0 Å². The maximum atomic E-state index is 9.24. The zero-order valence-electron chi connectivity index (χ0n) is 9.80. The van der Waals surface area contributed by atoms with Crippen molar-refractivity contribution in [2.24, 2.45) is 0 Å². The second-order valence-electron chi connectivity index (χ2n) is 3.36. The topological polar surface area (TPSA) is 68.2 Å². The number of hydrogen-bond donors (Lipinski definition) is 2. The van der Waals surface area contributed by atoms with E-state index in [1.54, 1.807) is 6.08 Å². The molecule has 1 unspecified atom stereocenters. The van der Waals surface area contributed by atoms with Crippen LogP contribution in [0.15, 0.2) is 12.7 Å². The van der Waals surface area contributed by atoms with E-state index in [-0.39, 0.29) is 19.8 Å². The SMILES string of the molecule is C#CCOCC(COCCC=C)OP(O)(O)(Cl)Cl. The Hall–Kier alpha value is 0.110. The molecule has 0 aromatic heterocycles. The summed E-state index contributed by atoms with van der Waals surface area (Å²) in [5, 5.41) is 0.